The Bertz CT molecular complexity index is 1050. The van der Waals surface area contributed by atoms with Crippen LogP contribution in [-0.4, -0.2) is 57.3 Å². The van der Waals surface area contributed by atoms with Crippen molar-refractivity contribution < 1.29 is 24.5 Å². The average molecular weight is 438 g/mol. The SMILES string of the molecule is COc1ccccc1-c1ccc(C[C@H](CC(C)(CO)C(=O)O)NC(=O)c2c[nH]nn2)cc1. The molecule has 0 fully saturated rings. The van der Waals surface area contributed by atoms with E-state index in [0.717, 1.165) is 22.4 Å². The Morgan fingerprint density at radius 3 is 2.50 bits per heavy atom. The Hall–Kier alpha value is -3.72. The lowest BCUT2D eigenvalue weighted by molar-refractivity contribution is -0.151. The highest BCUT2D eigenvalue weighted by atomic mass is 16.5. The number of aromatic nitrogens is 3. The minimum atomic E-state index is -1.40. The molecule has 2 aromatic carbocycles. The Morgan fingerprint density at radius 2 is 1.91 bits per heavy atom. The number of aliphatic carboxylic acids is 1. The number of aromatic amines is 1. The molecule has 9 nitrogen and oxygen atoms in total. The predicted molar refractivity (Wildman–Crippen MR) is 117 cm³/mol. The maximum atomic E-state index is 12.5. The summed E-state index contributed by atoms with van der Waals surface area (Å²) in [4.78, 5) is 24.2. The molecule has 1 aromatic heterocycles. The number of amides is 1. The van der Waals surface area contributed by atoms with Crippen molar-refractivity contribution in [1.82, 2.24) is 20.7 Å². The third-order valence-corrected chi connectivity index (χ3v) is 5.40. The molecule has 9 heteroatoms. The molecule has 0 radical (unpaired) electrons. The molecular weight excluding hydrogens is 412 g/mol. The highest BCUT2D eigenvalue weighted by Gasteiger charge is 2.36. The smallest absolute Gasteiger partial charge is 0.311 e. The van der Waals surface area contributed by atoms with Crippen LogP contribution in [0.1, 0.15) is 29.4 Å². The largest absolute Gasteiger partial charge is 0.496 e. The van der Waals surface area contributed by atoms with Crippen molar-refractivity contribution in [3.63, 3.8) is 0 Å². The monoisotopic (exact) mass is 438 g/mol. The predicted octanol–water partition coefficient (Wildman–Crippen LogP) is 2.29. The first-order chi connectivity index (χ1) is 15.4. The molecule has 0 saturated heterocycles. The van der Waals surface area contributed by atoms with Crippen LogP contribution in [0, 0.1) is 5.41 Å². The molecule has 3 aromatic rings. The molecule has 32 heavy (non-hydrogen) atoms. The first kappa shape index (κ1) is 23.0. The van der Waals surface area contributed by atoms with E-state index < -0.39 is 29.9 Å². The topological polar surface area (TPSA) is 137 Å². The number of hydrogen-bond acceptors (Lipinski definition) is 6. The van der Waals surface area contributed by atoms with Gasteiger partial charge < -0.3 is 20.3 Å². The Balaban J connectivity index is 1.81. The Labute approximate surface area is 185 Å². The maximum absolute atomic E-state index is 12.5. The lowest BCUT2D eigenvalue weighted by Gasteiger charge is -2.28. The van der Waals surface area contributed by atoms with E-state index in [2.05, 4.69) is 20.7 Å². The summed E-state index contributed by atoms with van der Waals surface area (Å²) in [5, 5.41) is 31.8. The lowest BCUT2D eigenvalue weighted by Crippen LogP contribution is -2.44. The molecule has 0 saturated carbocycles. The van der Waals surface area contributed by atoms with Gasteiger partial charge in [0.1, 0.15) is 5.75 Å². The molecule has 0 spiro atoms. The Morgan fingerprint density at radius 1 is 1.19 bits per heavy atom. The standard InChI is InChI=1S/C23H26N4O5/c1-23(14-28,22(30)31)12-17(25-21(29)19-13-24-27-26-19)11-15-7-9-16(10-8-15)18-5-3-4-6-20(18)32-2/h3-10,13,17,28H,11-12,14H2,1-2H3,(H,25,29)(H,30,31)(H,24,26,27)/t17-,23?/m1/s1. The lowest BCUT2D eigenvalue weighted by atomic mass is 9.82. The summed E-state index contributed by atoms with van der Waals surface area (Å²) >= 11 is 0. The molecule has 1 unspecified atom stereocenters. The van der Waals surface area contributed by atoms with Gasteiger partial charge in [0.25, 0.3) is 5.91 Å². The number of carboxylic acid groups (broad SMARTS) is 1. The van der Waals surface area contributed by atoms with E-state index in [1.165, 1.54) is 13.1 Å². The van der Waals surface area contributed by atoms with Crippen molar-refractivity contribution in [2.45, 2.75) is 25.8 Å². The van der Waals surface area contributed by atoms with E-state index in [1.54, 1.807) is 7.11 Å². The van der Waals surface area contributed by atoms with Crippen LogP contribution in [-0.2, 0) is 11.2 Å². The van der Waals surface area contributed by atoms with Crippen LogP contribution in [0.3, 0.4) is 0 Å². The van der Waals surface area contributed by atoms with Crippen LogP contribution in [0.4, 0.5) is 0 Å². The van der Waals surface area contributed by atoms with Gasteiger partial charge in [-0.3, -0.25) is 14.7 Å². The highest BCUT2D eigenvalue weighted by Crippen LogP contribution is 2.30. The first-order valence-corrected chi connectivity index (χ1v) is 10.1. The van der Waals surface area contributed by atoms with E-state index in [9.17, 15) is 19.8 Å². The van der Waals surface area contributed by atoms with Gasteiger partial charge in [0.05, 0.1) is 25.3 Å². The number of nitrogens with one attached hydrogen (secondary N) is 2. The summed E-state index contributed by atoms with van der Waals surface area (Å²) in [6, 6.07) is 14.9. The summed E-state index contributed by atoms with van der Waals surface area (Å²) in [6.45, 7) is 0.904. The minimum Gasteiger partial charge on any atom is -0.496 e. The average Bonchev–Trinajstić information content (AvgIpc) is 3.34. The number of benzene rings is 2. The van der Waals surface area contributed by atoms with E-state index in [1.807, 2.05) is 48.5 Å². The number of hydrogen-bond donors (Lipinski definition) is 4. The number of carboxylic acids is 1. The van der Waals surface area contributed by atoms with Crippen LogP contribution in [0.25, 0.3) is 11.1 Å². The number of para-hydroxylation sites is 1. The number of nitrogens with zero attached hydrogens (tertiary/aromatic N) is 2. The van der Waals surface area contributed by atoms with Gasteiger partial charge in [-0.2, -0.15) is 0 Å². The number of methoxy groups -OCH3 is 1. The van der Waals surface area contributed by atoms with Crippen LogP contribution in [0.2, 0.25) is 0 Å². The minimum absolute atomic E-state index is 0.0384. The number of aliphatic hydroxyl groups excluding tert-OH is 1. The van der Waals surface area contributed by atoms with Crippen LogP contribution in [0.5, 0.6) is 5.75 Å². The second-order valence-corrected chi connectivity index (χ2v) is 7.86. The van der Waals surface area contributed by atoms with Gasteiger partial charge in [-0.15, -0.1) is 5.10 Å². The van der Waals surface area contributed by atoms with Gasteiger partial charge in [-0.05, 0) is 37.0 Å². The molecule has 0 bridgehead atoms. The normalized spacial score (nSPS) is 13.7. The fraction of sp³-hybridized carbons (Fsp3) is 0.304. The Kier molecular flexibility index (Phi) is 7.21. The van der Waals surface area contributed by atoms with Crippen molar-refractivity contribution in [2.75, 3.05) is 13.7 Å². The summed E-state index contributed by atoms with van der Waals surface area (Å²) < 4.78 is 5.42. The summed E-state index contributed by atoms with van der Waals surface area (Å²) in [6.07, 6.45) is 1.77. The molecule has 0 aliphatic carbocycles. The van der Waals surface area contributed by atoms with Crippen LogP contribution in [0.15, 0.2) is 54.7 Å². The van der Waals surface area contributed by atoms with Gasteiger partial charge in [-0.25, -0.2) is 0 Å². The van der Waals surface area contributed by atoms with E-state index in [0.29, 0.717) is 6.42 Å². The molecular formula is C23H26N4O5. The molecule has 4 N–H and O–H groups in total. The zero-order valence-electron chi connectivity index (χ0n) is 17.9. The summed E-state index contributed by atoms with van der Waals surface area (Å²) in [5.74, 6) is -0.842. The van der Waals surface area contributed by atoms with E-state index in [4.69, 9.17) is 4.74 Å². The fourth-order valence-electron chi connectivity index (χ4n) is 3.50. The van der Waals surface area contributed by atoms with Crippen molar-refractivity contribution >= 4 is 11.9 Å². The van der Waals surface area contributed by atoms with Gasteiger partial charge >= 0.3 is 5.97 Å². The van der Waals surface area contributed by atoms with Crippen LogP contribution >= 0.6 is 0 Å². The summed E-state index contributed by atoms with van der Waals surface area (Å²) in [5.41, 5.74) is 1.53. The number of carbonyl (C=O) groups excluding carboxylic acids is 1. The molecule has 0 aliphatic rings. The zero-order valence-corrected chi connectivity index (χ0v) is 17.9. The number of ether oxygens (including phenoxy) is 1. The van der Waals surface area contributed by atoms with Gasteiger partial charge in [0, 0.05) is 11.6 Å². The van der Waals surface area contributed by atoms with Crippen molar-refractivity contribution in [2.24, 2.45) is 5.41 Å². The quantitative estimate of drug-likeness (QED) is 0.381. The van der Waals surface area contributed by atoms with Gasteiger partial charge in [0.15, 0.2) is 5.69 Å². The molecule has 0 aliphatic heterocycles. The molecule has 2 atom stereocenters. The van der Waals surface area contributed by atoms with Gasteiger partial charge in [0.2, 0.25) is 0 Å². The van der Waals surface area contributed by atoms with Crippen LogP contribution < -0.4 is 10.1 Å². The maximum Gasteiger partial charge on any atom is 0.311 e. The third-order valence-electron chi connectivity index (χ3n) is 5.40. The number of carbonyl (C=O) groups is 2. The van der Waals surface area contributed by atoms with E-state index >= 15 is 0 Å². The second-order valence-electron chi connectivity index (χ2n) is 7.86. The zero-order chi connectivity index (χ0) is 23.1. The first-order valence-electron chi connectivity index (χ1n) is 10.1. The number of aliphatic hydroxyl groups is 1. The van der Waals surface area contributed by atoms with Gasteiger partial charge in [-0.1, -0.05) is 47.7 Å². The number of H-pyrrole nitrogens is 1. The van der Waals surface area contributed by atoms with Crippen molar-refractivity contribution in [1.29, 1.82) is 0 Å². The van der Waals surface area contributed by atoms with Crippen molar-refractivity contribution in [3.8, 4) is 16.9 Å². The fourth-order valence-corrected chi connectivity index (χ4v) is 3.50. The molecule has 1 amide bonds. The third kappa shape index (κ3) is 5.30. The van der Waals surface area contributed by atoms with Crippen molar-refractivity contribution in [3.05, 3.63) is 66.0 Å². The summed E-state index contributed by atoms with van der Waals surface area (Å²) in [7, 11) is 1.62. The number of rotatable bonds is 10. The highest BCUT2D eigenvalue weighted by molar-refractivity contribution is 5.92. The molecule has 168 valence electrons. The molecule has 3 rings (SSSR count). The second kappa shape index (κ2) is 10.1. The molecule has 1 heterocycles. The van der Waals surface area contributed by atoms with E-state index in [-0.39, 0.29) is 12.1 Å².